The predicted octanol–water partition coefficient (Wildman–Crippen LogP) is 0.991. The van der Waals surface area contributed by atoms with Gasteiger partial charge in [0.05, 0.1) is 13.2 Å². The molecule has 0 aliphatic heterocycles. The normalized spacial score (nSPS) is 14.0. The third-order valence-electron chi connectivity index (χ3n) is 3.69. The second kappa shape index (κ2) is 7.14. The molecule has 0 aromatic heterocycles. The van der Waals surface area contributed by atoms with Gasteiger partial charge in [0.15, 0.2) is 5.41 Å². The molecule has 0 aliphatic rings. The molecule has 0 aromatic rings. The van der Waals surface area contributed by atoms with Crippen molar-refractivity contribution in [3.8, 4) is 0 Å². The summed E-state index contributed by atoms with van der Waals surface area (Å²) in [6.07, 6.45) is 0. The van der Waals surface area contributed by atoms with Crippen molar-refractivity contribution in [1.29, 1.82) is 0 Å². The third-order valence-corrected chi connectivity index (χ3v) is 3.69. The average molecular weight is 303 g/mol. The van der Waals surface area contributed by atoms with E-state index in [9.17, 15) is 24.5 Å². The number of esters is 2. The number of carbonyl (C=O) groups excluding carboxylic acids is 3. The Labute approximate surface area is 122 Å². The first-order valence-corrected chi connectivity index (χ1v) is 6.55. The van der Waals surface area contributed by atoms with Crippen LogP contribution in [0.3, 0.4) is 0 Å². The average Bonchev–Trinajstić information content (AvgIpc) is 2.36. The lowest BCUT2D eigenvalue weighted by Crippen LogP contribution is -2.57. The first-order valence-electron chi connectivity index (χ1n) is 6.55. The summed E-state index contributed by atoms with van der Waals surface area (Å²) in [4.78, 5) is 46.5. The summed E-state index contributed by atoms with van der Waals surface area (Å²) in [6, 6.07) is 0. The van der Waals surface area contributed by atoms with Crippen molar-refractivity contribution >= 4 is 17.7 Å². The van der Waals surface area contributed by atoms with Gasteiger partial charge in [0.25, 0.3) is 0 Å². The smallest absolute Gasteiger partial charge is 0.324 e. The van der Waals surface area contributed by atoms with E-state index in [4.69, 9.17) is 9.47 Å². The van der Waals surface area contributed by atoms with Crippen molar-refractivity contribution in [3.63, 3.8) is 0 Å². The summed E-state index contributed by atoms with van der Waals surface area (Å²) < 4.78 is 9.68. The van der Waals surface area contributed by atoms with E-state index in [1.807, 2.05) is 0 Å². The van der Waals surface area contributed by atoms with Gasteiger partial charge in [0.1, 0.15) is 11.2 Å². The van der Waals surface area contributed by atoms with Crippen LogP contribution in [0.25, 0.3) is 0 Å². The first-order chi connectivity index (χ1) is 9.57. The predicted molar refractivity (Wildman–Crippen MR) is 72.0 cm³/mol. The van der Waals surface area contributed by atoms with Gasteiger partial charge in [-0.3, -0.25) is 24.5 Å². The number of ketones is 1. The minimum absolute atomic E-state index is 0.0275. The molecule has 8 heteroatoms. The fourth-order valence-corrected chi connectivity index (χ4v) is 1.96. The van der Waals surface area contributed by atoms with Crippen LogP contribution in [0.5, 0.6) is 0 Å². The van der Waals surface area contributed by atoms with Crippen LogP contribution in [-0.2, 0) is 23.9 Å². The summed E-state index contributed by atoms with van der Waals surface area (Å²) in [7, 11) is 0. The number of carbonyl (C=O) groups is 3. The lowest BCUT2D eigenvalue weighted by molar-refractivity contribution is -0.496. The molecule has 0 heterocycles. The molecule has 0 aliphatic carbocycles. The number of ether oxygens (including phenoxy) is 2. The van der Waals surface area contributed by atoms with Gasteiger partial charge < -0.3 is 9.47 Å². The van der Waals surface area contributed by atoms with Gasteiger partial charge in [0.2, 0.25) is 6.54 Å². The molecule has 0 spiro atoms. The number of rotatable bonds is 8. The van der Waals surface area contributed by atoms with E-state index < -0.39 is 40.0 Å². The Balaban J connectivity index is 6.05. The maximum absolute atomic E-state index is 12.2. The zero-order chi connectivity index (χ0) is 16.8. The van der Waals surface area contributed by atoms with Crippen LogP contribution < -0.4 is 0 Å². The van der Waals surface area contributed by atoms with Crippen LogP contribution in [-0.4, -0.2) is 42.4 Å². The molecule has 1 unspecified atom stereocenters. The SMILES string of the molecule is CCOC(=O)C(C)(C(=O)OCC)C(C)(C[N+](=O)[O-])C(C)=O. The topological polar surface area (TPSA) is 113 Å². The summed E-state index contributed by atoms with van der Waals surface area (Å²) in [5.41, 5.74) is -3.95. The standard InChI is InChI=1S/C13H21NO7/c1-6-20-10(16)13(5,11(17)21-7-2)12(4,9(3)15)8-14(18)19/h6-8H2,1-5H3. The van der Waals surface area contributed by atoms with Gasteiger partial charge in [-0.05, 0) is 34.6 Å². The summed E-state index contributed by atoms with van der Waals surface area (Å²) in [5, 5.41) is 10.9. The van der Waals surface area contributed by atoms with Gasteiger partial charge in [0, 0.05) is 4.92 Å². The van der Waals surface area contributed by atoms with Crippen LogP contribution in [0.2, 0.25) is 0 Å². The maximum Gasteiger partial charge on any atom is 0.324 e. The van der Waals surface area contributed by atoms with E-state index in [2.05, 4.69) is 0 Å². The number of hydrogen-bond donors (Lipinski definition) is 0. The fourth-order valence-electron chi connectivity index (χ4n) is 1.96. The summed E-state index contributed by atoms with van der Waals surface area (Å²) in [5.74, 6) is -2.69. The molecule has 0 rings (SSSR count). The third kappa shape index (κ3) is 3.56. The molecule has 21 heavy (non-hydrogen) atoms. The Kier molecular flexibility index (Phi) is 6.47. The molecule has 120 valence electrons. The summed E-state index contributed by atoms with van der Waals surface area (Å²) in [6.45, 7) is 5.57. The van der Waals surface area contributed by atoms with E-state index in [1.54, 1.807) is 0 Å². The van der Waals surface area contributed by atoms with Crippen molar-refractivity contribution in [2.24, 2.45) is 10.8 Å². The zero-order valence-corrected chi connectivity index (χ0v) is 12.9. The van der Waals surface area contributed by atoms with Crippen molar-refractivity contribution in [1.82, 2.24) is 0 Å². The number of hydrogen-bond acceptors (Lipinski definition) is 7. The van der Waals surface area contributed by atoms with Crippen LogP contribution in [0.1, 0.15) is 34.6 Å². The highest BCUT2D eigenvalue weighted by molar-refractivity contribution is 6.06. The molecular formula is C13H21NO7. The van der Waals surface area contributed by atoms with Gasteiger partial charge in [-0.15, -0.1) is 0 Å². The minimum Gasteiger partial charge on any atom is -0.465 e. The monoisotopic (exact) mass is 303 g/mol. The quantitative estimate of drug-likeness (QED) is 0.284. The number of nitro groups is 1. The zero-order valence-electron chi connectivity index (χ0n) is 12.9. The maximum atomic E-state index is 12.2. The van der Waals surface area contributed by atoms with Crippen LogP contribution >= 0.6 is 0 Å². The van der Waals surface area contributed by atoms with E-state index in [0.29, 0.717) is 0 Å². The molecule has 0 saturated heterocycles. The molecule has 0 bridgehead atoms. The van der Waals surface area contributed by atoms with Gasteiger partial charge in [-0.2, -0.15) is 0 Å². The van der Waals surface area contributed by atoms with E-state index in [0.717, 1.165) is 13.8 Å². The van der Waals surface area contributed by atoms with Gasteiger partial charge in [-0.25, -0.2) is 0 Å². The highest BCUT2D eigenvalue weighted by Crippen LogP contribution is 2.42. The van der Waals surface area contributed by atoms with E-state index in [1.165, 1.54) is 20.8 Å². The Bertz CT molecular complexity index is 428. The lowest BCUT2D eigenvalue weighted by Gasteiger charge is -2.37. The molecular weight excluding hydrogens is 282 g/mol. The highest BCUT2D eigenvalue weighted by atomic mass is 16.6. The Morgan fingerprint density at radius 3 is 1.67 bits per heavy atom. The number of Topliss-reactive ketones (excluding diaryl/α,β-unsaturated/α-hetero) is 1. The lowest BCUT2D eigenvalue weighted by atomic mass is 9.63. The fraction of sp³-hybridized carbons (Fsp3) is 0.769. The first kappa shape index (κ1) is 19.0. The molecule has 8 nitrogen and oxygen atoms in total. The minimum atomic E-state index is -2.09. The molecule has 0 aromatic carbocycles. The molecule has 0 radical (unpaired) electrons. The molecule has 0 saturated carbocycles. The van der Waals surface area contributed by atoms with E-state index in [-0.39, 0.29) is 13.2 Å². The Morgan fingerprint density at radius 1 is 1.05 bits per heavy atom. The van der Waals surface area contributed by atoms with E-state index >= 15 is 0 Å². The Hall–Kier alpha value is -1.99. The van der Waals surface area contributed by atoms with Crippen molar-refractivity contribution in [2.75, 3.05) is 19.8 Å². The molecule has 0 fully saturated rings. The van der Waals surface area contributed by atoms with Gasteiger partial charge >= 0.3 is 11.9 Å². The van der Waals surface area contributed by atoms with Gasteiger partial charge in [-0.1, -0.05) is 0 Å². The molecule has 0 amide bonds. The van der Waals surface area contributed by atoms with Crippen molar-refractivity contribution < 1.29 is 28.8 Å². The van der Waals surface area contributed by atoms with Crippen LogP contribution in [0, 0.1) is 20.9 Å². The van der Waals surface area contributed by atoms with Crippen molar-refractivity contribution in [2.45, 2.75) is 34.6 Å². The van der Waals surface area contributed by atoms with Crippen molar-refractivity contribution in [3.05, 3.63) is 10.1 Å². The second-order valence-electron chi connectivity index (χ2n) is 4.95. The second-order valence-corrected chi connectivity index (χ2v) is 4.95. The van der Waals surface area contributed by atoms with Crippen LogP contribution in [0.4, 0.5) is 0 Å². The summed E-state index contributed by atoms with van der Waals surface area (Å²) >= 11 is 0. The number of nitrogens with zero attached hydrogens (tertiary/aromatic N) is 1. The largest absolute Gasteiger partial charge is 0.465 e. The van der Waals surface area contributed by atoms with Crippen LogP contribution in [0.15, 0.2) is 0 Å². The Morgan fingerprint density at radius 2 is 1.43 bits per heavy atom. The highest BCUT2D eigenvalue weighted by Gasteiger charge is 2.63. The molecule has 0 N–H and O–H groups in total. The molecule has 1 atom stereocenters.